The minimum absolute atomic E-state index is 0.0825. The maximum atomic E-state index is 14.0. The highest BCUT2D eigenvalue weighted by Gasteiger charge is 2.27. The molecule has 0 saturated heterocycles. The first-order valence-electron chi connectivity index (χ1n) is 9.77. The Labute approximate surface area is 179 Å². The number of rotatable bonds is 3. The van der Waals surface area contributed by atoms with Gasteiger partial charge in [-0.25, -0.2) is 14.2 Å². The quantitative estimate of drug-likeness (QED) is 0.626. The molecule has 1 aromatic carbocycles. The molecule has 0 radical (unpaired) electrons. The van der Waals surface area contributed by atoms with Crippen molar-refractivity contribution in [1.29, 1.82) is 0 Å². The van der Waals surface area contributed by atoms with Crippen LogP contribution in [0.1, 0.15) is 13.3 Å². The van der Waals surface area contributed by atoms with E-state index in [2.05, 4.69) is 22.1 Å². The number of aromatic nitrogens is 2. The van der Waals surface area contributed by atoms with Crippen LogP contribution in [0.4, 0.5) is 26.4 Å². The molecule has 0 spiro atoms. The lowest BCUT2D eigenvalue weighted by molar-refractivity contribution is 0.256. The van der Waals surface area contributed by atoms with Crippen molar-refractivity contribution in [3.05, 3.63) is 65.7 Å². The summed E-state index contributed by atoms with van der Waals surface area (Å²) >= 11 is 6.14. The lowest BCUT2D eigenvalue weighted by atomic mass is 10.1. The highest BCUT2D eigenvalue weighted by molar-refractivity contribution is 6.30. The van der Waals surface area contributed by atoms with Gasteiger partial charge in [0.25, 0.3) is 0 Å². The lowest BCUT2D eigenvalue weighted by Crippen LogP contribution is -2.36. The minimum Gasteiger partial charge on any atom is -0.369 e. The lowest BCUT2D eigenvalue weighted by Gasteiger charge is -2.25. The van der Waals surface area contributed by atoms with Crippen molar-refractivity contribution in [3.63, 3.8) is 0 Å². The van der Waals surface area contributed by atoms with Gasteiger partial charge in [0.15, 0.2) is 11.6 Å². The fraction of sp³-hybridized carbons (Fsp3) is 0.227. The van der Waals surface area contributed by atoms with Gasteiger partial charge in [0, 0.05) is 36.4 Å². The van der Waals surface area contributed by atoms with Gasteiger partial charge in [-0.05, 0) is 43.7 Å². The summed E-state index contributed by atoms with van der Waals surface area (Å²) in [6, 6.07) is 12.3. The number of benzene rings is 1. The van der Waals surface area contributed by atoms with Crippen LogP contribution in [-0.4, -0.2) is 35.6 Å². The van der Waals surface area contributed by atoms with Crippen LogP contribution in [0.2, 0.25) is 5.02 Å². The van der Waals surface area contributed by atoms with Gasteiger partial charge in [-0.2, -0.15) is 0 Å². The Bertz CT molecular complexity index is 1080. The van der Waals surface area contributed by atoms with Crippen LogP contribution in [0.15, 0.2) is 54.9 Å². The summed E-state index contributed by atoms with van der Waals surface area (Å²) in [6.45, 7) is 4.12. The number of urea groups is 1. The number of carbonyl (C=O) groups is 1. The Kier molecular flexibility index (Phi) is 5.81. The van der Waals surface area contributed by atoms with E-state index in [-0.39, 0.29) is 5.69 Å². The van der Waals surface area contributed by atoms with Gasteiger partial charge in [-0.3, -0.25) is 9.88 Å². The van der Waals surface area contributed by atoms with Gasteiger partial charge >= 0.3 is 6.03 Å². The summed E-state index contributed by atoms with van der Waals surface area (Å²) in [5.74, 6) is -0.0458. The molecule has 30 heavy (non-hydrogen) atoms. The van der Waals surface area contributed by atoms with Gasteiger partial charge in [0.05, 0.1) is 23.3 Å². The summed E-state index contributed by atoms with van der Waals surface area (Å²) in [5, 5.41) is 3.26. The average molecular weight is 426 g/mol. The van der Waals surface area contributed by atoms with Gasteiger partial charge in [-0.15, -0.1) is 0 Å². The number of pyridine rings is 2. The number of hydrogen-bond acceptors (Lipinski definition) is 4. The summed E-state index contributed by atoms with van der Waals surface area (Å²) in [7, 11) is 0. The fourth-order valence-electron chi connectivity index (χ4n) is 3.53. The summed E-state index contributed by atoms with van der Waals surface area (Å²) in [4.78, 5) is 25.4. The molecule has 0 atom stereocenters. The van der Waals surface area contributed by atoms with E-state index in [1.807, 2.05) is 30.3 Å². The third-order valence-corrected chi connectivity index (χ3v) is 5.26. The number of carbonyl (C=O) groups excluding carboxylic acids is 1. The second kappa shape index (κ2) is 8.67. The number of fused-ring (bicyclic) bond motifs is 1. The number of nitrogens with zero attached hydrogens (tertiary/aromatic N) is 4. The molecule has 3 aromatic rings. The molecule has 1 N–H and O–H groups in total. The maximum absolute atomic E-state index is 14.0. The molecule has 3 heterocycles. The van der Waals surface area contributed by atoms with Crippen molar-refractivity contribution >= 4 is 34.8 Å². The monoisotopic (exact) mass is 425 g/mol. The number of hydrogen-bond donors (Lipinski definition) is 1. The van der Waals surface area contributed by atoms with Crippen LogP contribution < -0.4 is 15.1 Å². The molecule has 0 bridgehead atoms. The molecule has 154 valence electrons. The molecule has 2 amide bonds. The summed E-state index contributed by atoms with van der Waals surface area (Å²) in [5.41, 5.74) is 2.52. The number of nitrogens with one attached hydrogen (secondary N) is 1. The first-order valence-corrected chi connectivity index (χ1v) is 10.1. The van der Waals surface area contributed by atoms with E-state index in [9.17, 15) is 9.18 Å². The van der Waals surface area contributed by atoms with Gasteiger partial charge < -0.3 is 10.2 Å². The highest BCUT2D eigenvalue weighted by Crippen LogP contribution is 2.34. The van der Waals surface area contributed by atoms with Crippen molar-refractivity contribution in [2.24, 2.45) is 0 Å². The second-order valence-electron chi connectivity index (χ2n) is 6.92. The molecular weight excluding hydrogens is 405 g/mol. The van der Waals surface area contributed by atoms with E-state index >= 15 is 0 Å². The Morgan fingerprint density at radius 1 is 1.23 bits per heavy atom. The van der Waals surface area contributed by atoms with E-state index in [1.165, 1.54) is 12.3 Å². The average Bonchev–Trinajstić information content (AvgIpc) is 2.94. The zero-order valence-corrected chi connectivity index (χ0v) is 17.2. The summed E-state index contributed by atoms with van der Waals surface area (Å²) < 4.78 is 14.0. The van der Waals surface area contributed by atoms with Crippen molar-refractivity contribution in [3.8, 4) is 11.3 Å². The van der Waals surface area contributed by atoms with Gasteiger partial charge in [-0.1, -0.05) is 23.7 Å². The predicted molar refractivity (Wildman–Crippen MR) is 118 cm³/mol. The Balaban J connectivity index is 1.74. The fourth-order valence-corrected chi connectivity index (χ4v) is 3.72. The molecule has 0 aliphatic carbocycles. The molecule has 1 aliphatic rings. The Hall–Kier alpha value is -3.19. The van der Waals surface area contributed by atoms with Crippen LogP contribution in [0.3, 0.4) is 0 Å². The van der Waals surface area contributed by atoms with Crippen LogP contribution >= 0.6 is 11.6 Å². The predicted octanol–water partition coefficient (Wildman–Crippen LogP) is 5.20. The standard InChI is InChI=1S/C22H21ClFN5O/c1-2-28-11-4-12-29(22(30)27-19-9-10-25-14-17(19)24)21-20(28)8-7-18(26-21)15-5-3-6-16(23)13-15/h3,5-10,13-14H,2,4,11-12H2,1H3,(H,25,27,30). The zero-order chi connectivity index (χ0) is 21.1. The van der Waals surface area contributed by atoms with Crippen LogP contribution in [0.25, 0.3) is 11.3 Å². The Morgan fingerprint density at radius 3 is 2.87 bits per heavy atom. The van der Waals surface area contributed by atoms with Crippen molar-refractivity contribution in [1.82, 2.24) is 9.97 Å². The molecule has 0 fully saturated rings. The van der Waals surface area contributed by atoms with E-state index in [0.29, 0.717) is 23.1 Å². The van der Waals surface area contributed by atoms with Crippen molar-refractivity contribution < 1.29 is 9.18 Å². The SMILES string of the molecule is CCN1CCCN(C(=O)Nc2ccncc2F)c2nc(-c3cccc(Cl)c3)ccc21. The molecule has 4 rings (SSSR count). The van der Waals surface area contributed by atoms with Crippen molar-refractivity contribution in [2.75, 3.05) is 34.8 Å². The number of amides is 2. The smallest absolute Gasteiger partial charge is 0.327 e. The molecule has 1 aliphatic heterocycles. The first kappa shape index (κ1) is 20.1. The first-order chi connectivity index (χ1) is 14.6. The van der Waals surface area contributed by atoms with E-state index < -0.39 is 11.8 Å². The molecule has 6 nitrogen and oxygen atoms in total. The Morgan fingerprint density at radius 2 is 2.10 bits per heavy atom. The van der Waals surface area contributed by atoms with Gasteiger partial charge in [0.2, 0.25) is 0 Å². The molecule has 0 unspecified atom stereocenters. The number of halogens is 2. The van der Waals surface area contributed by atoms with Crippen LogP contribution in [-0.2, 0) is 0 Å². The largest absolute Gasteiger partial charge is 0.369 e. The zero-order valence-electron chi connectivity index (χ0n) is 16.5. The third kappa shape index (κ3) is 4.07. The number of anilines is 3. The highest BCUT2D eigenvalue weighted by atomic mass is 35.5. The second-order valence-corrected chi connectivity index (χ2v) is 7.36. The topological polar surface area (TPSA) is 61.4 Å². The van der Waals surface area contributed by atoms with Gasteiger partial charge in [0.1, 0.15) is 0 Å². The summed E-state index contributed by atoms with van der Waals surface area (Å²) in [6.07, 6.45) is 3.27. The van der Waals surface area contributed by atoms with E-state index in [1.54, 1.807) is 11.0 Å². The third-order valence-electron chi connectivity index (χ3n) is 5.02. The van der Waals surface area contributed by atoms with E-state index in [4.69, 9.17) is 16.6 Å². The minimum atomic E-state index is -0.586. The molecular formula is C22H21ClFN5O. The van der Waals surface area contributed by atoms with Crippen LogP contribution in [0, 0.1) is 5.82 Å². The van der Waals surface area contributed by atoms with E-state index in [0.717, 1.165) is 37.0 Å². The molecule has 2 aromatic heterocycles. The molecule has 0 saturated carbocycles. The normalized spacial score (nSPS) is 13.6. The molecule has 8 heteroatoms. The van der Waals surface area contributed by atoms with Crippen molar-refractivity contribution in [2.45, 2.75) is 13.3 Å². The maximum Gasteiger partial charge on any atom is 0.327 e. The van der Waals surface area contributed by atoms with Crippen LogP contribution in [0.5, 0.6) is 0 Å².